The number of carbonyl (C=O) groups excluding carboxylic acids is 1. The lowest BCUT2D eigenvalue weighted by Crippen LogP contribution is -2.37. The SMILES string of the molecule is CNC(=O)CCn1c(=O)n(C)c2ccc(Nc3nc(N4CCC(C(=O)O)CC4)ncc3Cl)cc21. The predicted octanol–water partition coefficient (Wildman–Crippen LogP) is 1.96. The Hall–Kier alpha value is -3.60. The number of carbonyl (C=O) groups is 2. The van der Waals surface area contributed by atoms with Crippen LogP contribution >= 0.6 is 11.6 Å². The molecule has 4 rings (SSSR count). The second-order valence-corrected chi connectivity index (χ2v) is 8.62. The number of rotatable bonds is 7. The van der Waals surface area contributed by atoms with Gasteiger partial charge in [-0.3, -0.25) is 18.7 Å². The van der Waals surface area contributed by atoms with Gasteiger partial charge < -0.3 is 20.6 Å². The molecule has 1 fully saturated rings. The second-order valence-electron chi connectivity index (χ2n) is 8.21. The molecule has 180 valence electrons. The number of benzene rings is 1. The fraction of sp³-hybridized carbons (Fsp3) is 0.409. The molecule has 0 bridgehead atoms. The molecule has 3 aromatic rings. The average molecular weight is 488 g/mol. The van der Waals surface area contributed by atoms with Crippen molar-refractivity contribution in [1.82, 2.24) is 24.4 Å². The Kier molecular flexibility index (Phi) is 6.73. The van der Waals surface area contributed by atoms with Gasteiger partial charge in [0, 0.05) is 45.8 Å². The molecular formula is C22H26ClN7O4. The molecule has 1 saturated heterocycles. The van der Waals surface area contributed by atoms with E-state index in [0.29, 0.717) is 53.9 Å². The summed E-state index contributed by atoms with van der Waals surface area (Å²) in [6.45, 7) is 1.35. The van der Waals surface area contributed by atoms with E-state index in [1.54, 1.807) is 23.2 Å². The molecule has 1 aliphatic rings. The van der Waals surface area contributed by atoms with Crippen LogP contribution in [0.1, 0.15) is 19.3 Å². The molecule has 0 atom stereocenters. The van der Waals surface area contributed by atoms with Gasteiger partial charge >= 0.3 is 11.7 Å². The van der Waals surface area contributed by atoms with Gasteiger partial charge in [-0.05, 0) is 31.0 Å². The highest BCUT2D eigenvalue weighted by Crippen LogP contribution is 2.28. The molecule has 3 N–H and O–H groups in total. The van der Waals surface area contributed by atoms with Crippen molar-refractivity contribution in [3.05, 3.63) is 39.9 Å². The van der Waals surface area contributed by atoms with Crippen LogP contribution in [-0.2, 0) is 23.2 Å². The number of nitrogens with one attached hydrogen (secondary N) is 2. The van der Waals surface area contributed by atoms with Crippen LogP contribution in [-0.4, -0.2) is 56.2 Å². The van der Waals surface area contributed by atoms with E-state index in [2.05, 4.69) is 20.6 Å². The molecule has 11 nitrogen and oxygen atoms in total. The number of fused-ring (bicyclic) bond motifs is 1. The van der Waals surface area contributed by atoms with E-state index < -0.39 is 5.97 Å². The number of carboxylic acids is 1. The molecule has 0 spiro atoms. The smallest absolute Gasteiger partial charge is 0.328 e. The summed E-state index contributed by atoms with van der Waals surface area (Å²) in [6, 6.07) is 5.46. The Morgan fingerprint density at radius 3 is 2.65 bits per heavy atom. The molecule has 0 unspecified atom stereocenters. The summed E-state index contributed by atoms with van der Waals surface area (Å²) in [5.74, 6) is -0.393. The van der Waals surface area contributed by atoms with Crippen molar-refractivity contribution in [1.29, 1.82) is 0 Å². The average Bonchev–Trinajstić information content (AvgIpc) is 3.07. The summed E-state index contributed by atoms with van der Waals surface area (Å²) in [5.41, 5.74) is 1.89. The number of hydrogen-bond acceptors (Lipinski definition) is 7. The Morgan fingerprint density at radius 1 is 1.24 bits per heavy atom. The molecule has 0 saturated carbocycles. The summed E-state index contributed by atoms with van der Waals surface area (Å²) < 4.78 is 3.11. The van der Waals surface area contributed by atoms with Crippen molar-refractivity contribution >= 4 is 52.0 Å². The van der Waals surface area contributed by atoms with Crippen molar-refractivity contribution in [2.75, 3.05) is 30.4 Å². The number of hydrogen-bond donors (Lipinski definition) is 3. The monoisotopic (exact) mass is 487 g/mol. The maximum atomic E-state index is 12.7. The first-order valence-corrected chi connectivity index (χ1v) is 11.3. The lowest BCUT2D eigenvalue weighted by atomic mass is 9.97. The first kappa shape index (κ1) is 23.6. The van der Waals surface area contributed by atoms with Crippen LogP contribution in [0.3, 0.4) is 0 Å². The molecule has 1 aliphatic heterocycles. The van der Waals surface area contributed by atoms with Crippen LogP contribution in [0.5, 0.6) is 0 Å². The summed E-state index contributed by atoms with van der Waals surface area (Å²) in [4.78, 5) is 46.4. The van der Waals surface area contributed by atoms with E-state index in [9.17, 15) is 19.5 Å². The van der Waals surface area contributed by atoms with Crippen LogP contribution in [0.25, 0.3) is 11.0 Å². The van der Waals surface area contributed by atoms with E-state index in [1.165, 1.54) is 6.20 Å². The highest BCUT2D eigenvalue weighted by Gasteiger charge is 2.26. The van der Waals surface area contributed by atoms with Gasteiger partial charge in [-0.1, -0.05) is 11.6 Å². The number of amides is 1. The van der Waals surface area contributed by atoms with Crippen molar-refractivity contribution < 1.29 is 14.7 Å². The van der Waals surface area contributed by atoms with Gasteiger partial charge in [0.05, 0.1) is 23.1 Å². The lowest BCUT2D eigenvalue weighted by molar-refractivity contribution is -0.142. The molecule has 1 aromatic carbocycles. The maximum absolute atomic E-state index is 12.7. The number of nitrogens with zero attached hydrogens (tertiary/aromatic N) is 5. The number of halogens is 1. The minimum atomic E-state index is -0.774. The van der Waals surface area contributed by atoms with Gasteiger partial charge in [-0.25, -0.2) is 9.78 Å². The van der Waals surface area contributed by atoms with Gasteiger partial charge in [-0.15, -0.1) is 0 Å². The van der Waals surface area contributed by atoms with Gasteiger partial charge in [0.15, 0.2) is 5.82 Å². The quantitative estimate of drug-likeness (QED) is 0.460. The van der Waals surface area contributed by atoms with Gasteiger partial charge in [0.1, 0.15) is 5.02 Å². The zero-order chi connectivity index (χ0) is 24.4. The van der Waals surface area contributed by atoms with Crippen molar-refractivity contribution in [2.45, 2.75) is 25.8 Å². The topological polar surface area (TPSA) is 134 Å². The van der Waals surface area contributed by atoms with E-state index in [4.69, 9.17) is 11.6 Å². The number of anilines is 3. The number of aliphatic carboxylic acids is 1. The summed E-state index contributed by atoms with van der Waals surface area (Å²) >= 11 is 6.34. The van der Waals surface area contributed by atoms with Gasteiger partial charge in [-0.2, -0.15) is 4.98 Å². The third-order valence-electron chi connectivity index (χ3n) is 6.11. The minimum Gasteiger partial charge on any atom is -0.481 e. The Balaban J connectivity index is 1.59. The number of aryl methyl sites for hydroxylation is 2. The number of carboxylic acid groups (broad SMARTS) is 1. The van der Waals surface area contributed by atoms with E-state index in [0.717, 1.165) is 5.52 Å². The first-order chi connectivity index (χ1) is 16.3. The number of aromatic nitrogens is 4. The summed E-state index contributed by atoms with van der Waals surface area (Å²) in [5, 5.41) is 15.3. The van der Waals surface area contributed by atoms with E-state index in [1.807, 2.05) is 23.1 Å². The Bertz CT molecular complexity index is 1290. The fourth-order valence-corrected chi connectivity index (χ4v) is 4.24. The lowest BCUT2D eigenvalue weighted by Gasteiger charge is -2.30. The van der Waals surface area contributed by atoms with Gasteiger partial charge in [0.2, 0.25) is 11.9 Å². The van der Waals surface area contributed by atoms with Crippen LogP contribution in [0.4, 0.5) is 17.5 Å². The standard InChI is InChI=1S/C22H26ClN7O4/c1-24-18(31)7-10-30-17-11-14(3-4-16(17)28(2)22(30)34)26-19-15(23)12-25-21(27-19)29-8-5-13(6-9-29)20(32)33/h3-4,11-13H,5-10H2,1-2H3,(H,24,31)(H,32,33)(H,25,26,27). The fourth-order valence-electron chi connectivity index (χ4n) is 4.10. The molecule has 0 aliphatic carbocycles. The molecule has 34 heavy (non-hydrogen) atoms. The van der Waals surface area contributed by atoms with Crippen molar-refractivity contribution in [2.24, 2.45) is 13.0 Å². The second kappa shape index (κ2) is 9.72. The molecular weight excluding hydrogens is 462 g/mol. The third kappa shape index (κ3) is 4.69. The summed E-state index contributed by atoms with van der Waals surface area (Å²) in [7, 11) is 3.25. The minimum absolute atomic E-state index is 0.147. The summed E-state index contributed by atoms with van der Waals surface area (Å²) in [6.07, 6.45) is 2.76. The van der Waals surface area contributed by atoms with E-state index >= 15 is 0 Å². The molecule has 2 aromatic heterocycles. The normalized spacial score (nSPS) is 14.4. The zero-order valence-electron chi connectivity index (χ0n) is 18.9. The molecule has 1 amide bonds. The van der Waals surface area contributed by atoms with Crippen LogP contribution in [0.2, 0.25) is 5.02 Å². The van der Waals surface area contributed by atoms with E-state index in [-0.39, 0.29) is 30.5 Å². The Labute approximate surface area is 200 Å². The van der Waals surface area contributed by atoms with Crippen molar-refractivity contribution in [3.8, 4) is 0 Å². The maximum Gasteiger partial charge on any atom is 0.328 e. The van der Waals surface area contributed by atoms with Crippen LogP contribution in [0.15, 0.2) is 29.2 Å². The highest BCUT2D eigenvalue weighted by atomic mass is 35.5. The molecule has 3 heterocycles. The zero-order valence-corrected chi connectivity index (χ0v) is 19.7. The first-order valence-electron chi connectivity index (χ1n) is 11.0. The van der Waals surface area contributed by atoms with Crippen molar-refractivity contribution in [3.63, 3.8) is 0 Å². The molecule has 12 heteroatoms. The third-order valence-corrected chi connectivity index (χ3v) is 6.38. The largest absolute Gasteiger partial charge is 0.481 e. The number of imidazole rings is 1. The Morgan fingerprint density at radius 2 is 1.97 bits per heavy atom. The number of piperidine rings is 1. The molecule has 0 radical (unpaired) electrons. The van der Waals surface area contributed by atoms with Gasteiger partial charge in [0.25, 0.3) is 0 Å². The van der Waals surface area contributed by atoms with Crippen LogP contribution < -0.4 is 21.2 Å². The van der Waals surface area contributed by atoms with Crippen LogP contribution in [0, 0.1) is 5.92 Å². The predicted molar refractivity (Wildman–Crippen MR) is 129 cm³/mol. The highest BCUT2D eigenvalue weighted by molar-refractivity contribution is 6.32.